The van der Waals surface area contributed by atoms with Crippen LogP contribution in [0.4, 0.5) is 0 Å². The zero-order valence-electron chi connectivity index (χ0n) is 3.99. The van der Waals surface area contributed by atoms with Crippen molar-refractivity contribution in [3.63, 3.8) is 0 Å². The molecule has 0 aliphatic carbocycles. The summed E-state index contributed by atoms with van der Waals surface area (Å²) < 4.78 is 0. The summed E-state index contributed by atoms with van der Waals surface area (Å²) in [5.74, 6) is 0. The van der Waals surface area contributed by atoms with Crippen LogP contribution in [-0.2, 0) is 0 Å². The van der Waals surface area contributed by atoms with Crippen LogP contribution in [0.1, 0.15) is 0 Å². The summed E-state index contributed by atoms with van der Waals surface area (Å²) in [5, 5.41) is 0. The van der Waals surface area contributed by atoms with E-state index in [2.05, 4.69) is 23.8 Å². The van der Waals surface area contributed by atoms with Crippen LogP contribution in [0.25, 0.3) is 0 Å². The van der Waals surface area contributed by atoms with Crippen molar-refractivity contribution in [2.45, 2.75) is 13.1 Å². The minimum Gasteiger partial charge on any atom is -0.222 e. The van der Waals surface area contributed by atoms with Crippen LogP contribution in [0, 0.1) is 0 Å². The first-order chi connectivity index (χ1) is 2.27. The van der Waals surface area contributed by atoms with Crippen molar-refractivity contribution in [2.75, 3.05) is 0 Å². The van der Waals surface area contributed by atoms with E-state index < -0.39 is 0 Å². The average Bonchev–Trinajstić information content (AvgIpc) is 1.38. The van der Waals surface area contributed by atoms with Crippen molar-refractivity contribution in [3.8, 4) is 0 Å². The molecule has 0 aromatic rings. The second kappa shape index (κ2) is 2.99. The highest BCUT2D eigenvalue weighted by molar-refractivity contribution is 8.40. The molecule has 0 atom stereocenters. The maximum atomic E-state index is 2.36. The molecule has 0 aromatic heterocycles. The third-order valence-electron chi connectivity index (χ3n) is 0.471. The Morgan fingerprint density at radius 1 is 1.60 bits per heavy atom. The zero-order valence-corrected chi connectivity index (χ0v) is 7.96. The van der Waals surface area contributed by atoms with E-state index in [1.165, 1.54) is 9.39 Å². The molecule has 32 valence electrons. The van der Waals surface area contributed by atoms with Crippen LogP contribution in [0.5, 0.6) is 0 Å². The first-order valence-electron chi connectivity index (χ1n) is 1.80. The molecule has 5 heavy (non-hydrogen) atoms. The Labute approximate surface area is 41.7 Å². The molecule has 0 saturated heterocycles. The van der Waals surface area contributed by atoms with Gasteiger partial charge in [-0.2, -0.15) is 0 Å². The van der Waals surface area contributed by atoms with E-state index in [9.17, 15) is 0 Å². The highest BCUT2D eigenvalue weighted by Gasteiger charge is 1.82. The third-order valence-corrected chi connectivity index (χ3v) is 12.7. The molecule has 0 rings (SSSR count). The summed E-state index contributed by atoms with van der Waals surface area (Å²) in [6, 6.07) is 0. The molecule has 0 aliphatic rings. The highest BCUT2D eigenvalue weighted by Crippen LogP contribution is 1.94. The number of rotatable bonds is 1. The Morgan fingerprint density at radius 3 is 1.80 bits per heavy atom. The second-order valence-electron chi connectivity index (χ2n) is 1.28. The number of hydrogen-bond donors (Lipinski definition) is 0. The molecule has 0 spiro atoms. The van der Waals surface area contributed by atoms with Crippen molar-refractivity contribution in [1.82, 2.24) is 0 Å². The van der Waals surface area contributed by atoms with Gasteiger partial charge in [0.1, 0.15) is 0 Å². The molecular formula is C2H10SSi2. The van der Waals surface area contributed by atoms with Gasteiger partial charge in [0.15, 0.2) is 0 Å². The molecule has 0 radical (unpaired) electrons. The SMILES string of the molecule is C[SiH](C)S[SiH3]. The predicted molar refractivity (Wildman–Crippen MR) is 36.4 cm³/mol. The van der Waals surface area contributed by atoms with Crippen molar-refractivity contribution in [3.05, 3.63) is 0 Å². The van der Waals surface area contributed by atoms with Crippen molar-refractivity contribution in [1.29, 1.82) is 0 Å². The molecule has 0 aromatic carbocycles. The van der Waals surface area contributed by atoms with E-state index in [-0.39, 0.29) is 7.95 Å². The second-order valence-corrected chi connectivity index (χ2v) is 12.3. The fourth-order valence-corrected chi connectivity index (χ4v) is 0. The van der Waals surface area contributed by atoms with Gasteiger partial charge in [0.05, 0.1) is 17.3 Å². The van der Waals surface area contributed by atoms with Gasteiger partial charge in [-0.1, -0.05) is 13.1 Å². The van der Waals surface area contributed by atoms with E-state index in [0.29, 0.717) is 0 Å². The largest absolute Gasteiger partial charge is 0.222 e. The Bertz CT molecular complexity index is 21.6. The molecule has 0 fully saturated rings. The lowest BCUT2D eigenvalue weighted by Crippen LogP contribution is -1.88. The molecule has 3 heteroatoms. The van der Waals surface area contributed by atoms with Gasteiger partial charge in [0.25, 0.3) is 0 Å². The Morgan fingerprint density at radius 2 is 1.80 bits per heavy atom. The van der Waals surface area contributed by atoms with Gasteiger partial charge < -0.3 is 0 Å². The first-order valence-corrected chi connectivity index (χ1v) is 9.26. The maximum Gasteiger partial charge on any atom is 0.0865 e. The zero-order chi connectivity index (χ0) is 4.28. The monoisotopic (exact) mass is 122 g/mol. The Hall–Kier alpha value is 0.784. The van der Waals surface area contributed by atoms with E-state index in [0.717, 1.165) is 0 Å². The van der Waals surface area contributed by atoms with E-state index in [1.54, 1.807) is 0 Å². The standard InChI is InChI=1S/C2H10SSi2/c1-5(2)3-4/h5H,1-2,4H3. The smallest absolute Gasteiger partial charge is 0.0865 e. The maximum absolute atomic E-state index is 2.36. The molecule has 0 nitrogen and oxygen atoms in total. The van der Waals surface area contributed by atoms with E-state index >= 15 is 0 Å². The summed E-state index contributed by atoms with van der Waals surface area (Å²) in [4.78, 5) is 0. The lowest BCUT2D eigenvalue weighted by molar-refractivity contribution is 2.11. The lowest BCUT2D eigenvalue weighted by atomic mass is 11.9. The van der Waals surface area contributed by atoms with Crippen LogP contribution in [0.2, 0.25) is 13.1 Å². The molecular weight excluding hydrogens is 112 g/mol. The Kier molecular flexibility index (Phi) is 3.46. The summed E-state index contributed by atoms with van der Waals surface area (Å²) >= 11 is 0. The molecule has 0 aliphatic heterocycles. The predicted octanol–water partition coefficient (Wildman–Crippen LogP) is -0.0166. The lowest BCUT2D eigenvalue weighted by Gasteiger charge is -1.88. The number of hydrogen-bond acceptors (Lipinski definition) is 1. The van der Waals surface area contributed by atoms with Gasteiger partial charge >= 0.3 is 0 Å². The molecule has 0 unspecified atom stereocenters. The van der Waals surface area contributed by atoms with Gasteiger partial charge in [-0.15, -0.1) is 0 Å². The van der Waals surface area contributed by atoms with Crippen LogP contribution in [0.15, 0.2) is 0 Å². The topological polar surface area (TPSA) is 0 Å². The van der Waals surface area contributed by atoms with Crippen LogP contribution < -0.4 is 0 Å². The minimum atomic E-state index is -0.171. The first kappa shape index (κ1) is 5.78. The van der Waals surface area contributed by atoms with Gasteiger partial charge in [-0.05, 0) is 0 Å². The Balaban J connectivity index is 2.54. The quantitative estimate of drug-likeness (QED) is 0.441. The molecule has 0 N–H and O–H groups in total. The summed E-state index contributed by atoms with van der Waals surface area (Å²) in [6.45, 7) is 4.72. The summed E-state index contributed by atoms with van der Waals surface area (Å²) in [6.07, 6.45) is 0. The van der Waals surface area contributed by atoms with Gasteiger partial charge in [0, 0.05) is 0 Å². The van der Waals surface area contributed by atoms with Crippen LogP contribution >= 0.6 is 10.7 Å². The summed E-state index contributed by atoms with van der Waals surface area (Å²) in [7, 11) is 3.34. The molecule has 0 bridgehead atoms. The molecule has 0 saturated carbocycles. The summed E-state index contributed by atoms with van der Waals surface area (Å²) in [5.41, 5.74) is 0. The van der Waals surface area contributed by atoms with Crippen molar-refractivity contribution >= 4 is 28.0 Å². The minimum absolute atomic E-state index is 0.171. The van der Waals surface area contributed by atoms with Crippen LogP contribution in [0.3, 0.4) is 0 Å². The highest BCUT2D eigenvalue weighted by atomic mass is 32.5. The van der Waals surface area contributed by atoms with Gasteiger partial charge in [-0.25, -0.2) is 10.7 Å². The third kappa shape index (κ3) is 4.78. The average molecular weight is 122 g/mol. The fraction of sp³-hybridized carbons (Fsp3) is 1.00. The normalized spacial score (nSPS) is 10.2. The van der Waals surface area contributed by atoms with Gasteiger partial charge in [0.2, 0.25) is 0 Å². The van der Waals surface area contributed by atoms with E-state index in [1.807, 2.05) is 0 Å². The van der Waals surface area contributed by atoms with E-state index in [4.69, 9.17) is 0 Å². The van der Waals surface area contributed by atoms with Crippen molar-refractivity contribution < 1.29 is 0 Å². The molecule has 0 heterocycles. The van der Waals surface area contributed by atoms with Crippen LogP contribution in [-0.4, -0.2) is 17.3 Å². The van der Waals surface area contributed by atoms with Gasteiger partial charge in [-0.3, -0.25) is 0 Å². The van der Waals surface area contributed by atoms with Crippen molar-refractivity contribution in [2.24, 2.45) is 0 Å². The molecule has 0 amide bonds. The fourth-order valence-electron chi connectivity index (χ4n) is 0.